The van der Waals surface area contributed by atoms with E-state index in [1.54, 1.807) is 41.0 Å². The van der Waals surface area contributed by atoms with Crippen LogP contribution in [0.25, 0.3) is 0 Å². The molecule has 0 unspecified atom stereocenters. The highest BCUT2D eigenvalue weighted by Gasteiger charge is 2.23. The van der Waals surface area contributed by atoms with Crippen LogP contribution in [-0.4, -0.2) is 67.4 Å². The van der Waals surface area contributed by atoms with E-state index in [2.05, 4.69) is 20.4 Å². The second kappa shape index (κ2) is 10.3. The number of amides is 2. The van der Waals surface area contributed by atoms with Crippen LogP contribution in [0, 0.1) is 0 Å². The molecular weight excluding hydrogens is 440 g/mol. The van der Waals surface area contributed by atoms with Crippen molar-refractivity contribution in [3.8, 4) is 17.4 Å². The van der Waals surface area contributed by atoms with E-state index in [4.69, 9.17) is 9.47 Å². The van der Waals surface area contributed by atoms with Crippen LogP contribution in [0.4, 0.5) is 5.82 Å². The SMILES string of the molecule is CC[C@@H](O)COc1cc(Oc2cnc(C(=O)N3CCC3)cn2)cc(C(=O)Nc2ccn(C)n2)c1. The molecule has 4 rings (SSSR count). The molecular formula is C23H26N6O5. The van der Waals surface area contributed by atoms with Crippen LogP contribution in [0.5, 0.6) is 17.4 Å². The fourth-order valence-corrected chi connectivity index (χ4v) is 3.11. The lowest BCUT2D eigenvalue weighted by Crippen LogP contribution is -2.42. The molecule has 1 atom stereocenters. The summed E-state index contributed by atoms with van der Waals surface area (Å²) in [6.45, 7) is 3.35. The smallest absolute Gasteiger partial charge is 0.274 e. The minimum Gasteiger partial charge on any atom is -0.491 e. The molecule has 34 heavy (non-hydrogen) atoms. The number of anilines is 1. The number of carbonyl (C=O) groups is 2. The Morgan fingerprint density at radius 2 is 1.97 bits per heavy atom. The van der Waals surface area contributed by atoms with Gasteiger partial charge in [0.15, 0.2) is 5.82 Å². The Hall–Kier alpha value is -3.99. The first-order chi connectivity index (χ1) is 16.4. The molecule has 0 aliphatic carbocycles. The molecule has 1 saturated heterocycles. The van der Waals surface area contributed by atoms with Gasteiger partial charge in [-0.3, -0.25) is 14.3 Å². The average Bonchev–Trinajstić information content (AvgIpc) is 3.21. The van der Waals surface area contributed by atoms with E-state index in [-0.39, 0.29) is 35.4 Å². The highest BCUT2D eigenvalue weighted by molar-refractivity contribution is 6.04. The lowest BCUT2D eigenvalue weighted by Gasteiger charge is -2.30. The van der Waals surface area contributed by atoms with Crippen molar-refractivity contribution in [2.75, 3.05) is 25.0 Å². The third-order valence-corrected chi connectivity index (χ3v) is 5.22. The molecule has 3 aromatic rings. The van der Waals surface area contributed by atoms with Crippen molar-refractivity contribution in [3.63, 3.8) is 0 Å². The zero-order chi connectivity index (χ0) is 24.1. The quantitative estimate of drug-likeness (QED) is 0.491. The number of nitrogens with one attached hydrogen (secondary N) is 1. The van der Waals surface area contributed by atoms with Gasteiger partial charge < -0.3 is 24.8 Å². The number of aliphatic hydroxyl groups is 1. The minimum absolute atomic E-state index is 0.0639. The fraction of sp³-hybridized carbons (Fsp3) is 0.348. The van der Waals surface area contributed by atoms with Crippen LogP contribution < -0.4 is 14.8 Å². The van der Waals surface area contributed by atoms with Crippen LogP contribution in [0.3, 0.4) is 0 Å². The van der Waals surface area contributed by atoms with Crippen molar-refractivity contribution in [3.05, 3.63) is 54.1 Å². The van der Waals surface area contributed by atoms with Crippen molar-refractivity contribution in [2.45, 2.75) is 25.9 Å². The van der Waals surface area contributed by atoms with Crippen molar-refractivity contribution >= 4 is 17.6 Å². The summed E-state index contributed by atoms with van der Waals surface area (Å²) in [5.74, 6) is 0.604. The number of nitrogens with zero attached hydrogens (tertiary/aromatic N) is 5. The maximum absolute atomic E-state index is 12.8. The second-order valence-corrected chi connectivity index (χ2v) is 7.88. The minimum atomic E-state index is -0.641. The topological polar surface area (TPSA) is 132 Å². The number of carbonyl (C=O) groups excluding carboxylic acids is 2. The number of hydrogen-bond donors (Lipinski definition) is 2. The van der Waals surface area contributed by atoms with Crippen molar-refractivity contribution in [1.29, 1.82) is 0 Å². The van der Waals surface area contributed by atoms with E-state index in [1.165, 1.54) is 18.5 Å². The number of ether oxygens (including phenoxy) is 2. The summed E-state index contributed by atoms with van der Waals surface area (Å²) >= 11 is 0. The average molecular weight is 466 g/mol. The van der Waals surface area contributed by atoms with Gasteiger partial charge in [0.2, 0.25) is 5.88 Å². The lowest BCUT2D eigenvalue weighted by molar-refractivity contribution is 0.0645. The molecule has 178 valence electrons. The lowest BCUT2D eigenvalue weighted by atomic mass is 10.2. The second-order valence-electron chi connectivity index (χ2n) is 7.88. The normalized spacial score (nSPS) is 13.7. The van der Waals surface area contributed by atoms with Gasteiger partial charge in [-0.25, -0.2) is 9.97 Å². The van der Waals surface area contributed by atoms with Gasteiger partial charge in [-0.15, -0.1) is 0 Å². The number of hydrogen-bond acceptors (Lipinski definition) is 8. The molecule has 1 fully saturated rings. The summed E-state index contributed by atoms with van der Waals surface area (Å²) in [6, 6.07) is 6.34. The molecule has 11 heteroatoms. The molecule has 1 aliphatic heterocycles. The number of benzene rings is 1. The van der Waals surface area contributed by atoms with Gasteiger partial charge in [-0.2, -0.15) is 5.10 Å². The van der Waals surface area contributed by atoms with Crippen LogP contribution in [0.2, 0.25) is 0 Å². The van der Waals surface area contributed by atoms with Crippen molar-refractivity contribution < 1.29 is 24.2 Å². The molecule has 2 amide bonds. The van der Waals surface area contributed by atoms with Crippen molar-refractivity contribution in [1.82, 2.24) is 24.6 Å². The van der Waals surface area contributed by atoms with Gasteiger partial charge in [0.05, 0.1) is 18.5 Å². The third-order valence-electron chi connectivity index (χ3n) is 5.22. The van der Waals surface area contributed by atoms with Gasteiger partial charge >= 0.3 is 0 Å². The zero-order valence-corrected chi connectivity index (χ0v) is 19.0. The first kappa shape index (κ1) is 23.2. The first-order valence-electron chi connectivity index (χ1n) is 11.0. The third kappa shape index (κ3) is 5.67. The highest BCUT2D eigenvalue weighted by atomic mass is 16.5. The Balaban J connectivity index is 1.52. The van der Waals surface area contributed by atoms with E-state index in [0.29, 0.717) is 18.0 Å². The summed E-state index contributed by atoms with van der Waals surface area (Å²) in [5, 5.41) is 16.7. The molecule has 0 spiro atoms. The van der Waals surface area contributed by atoms with E-state index in [0.717, 1.165) is 19.5 Å². The number of aromatic nitrogens is 4. The zero-order valence-electron chi connectivity index (χ0n) is 19.0. The van der Waals surface area contributed by atoms with Gasteiger partial charge in [-0.05, 0) is 25.0 Å². The molecule has 0 radical (unpaired) electrons. The van der Waals surface area contributed by atoms with E-state index in [1.807, 2.05) is 6.92 Å². The Labute approximate surface area is 196 Å². The number of rotatable bonds is 9. The molecule has 2 aromatic heterocycles. The van der Waals surface area contributed by atoms with Gasteiger partial charge in [-0.1, -0.05) is 6.92 Å². The predicted molar refractivity (Wildman–Crippen MR) is 122 cm³/mol. The Morgan fingerprint density at radius 1 is 1.18 bits per heavy atom. The number of aryl methyl sites for hydroxylation is 1. The largest absolute Gasteiger partial charge is 0.491 e. The maximum atomic E-state index is 12.8. The van der Waals surface area contributed by atoms with E-state index >= 15 is 0 Å². The van der Waals surface area contributed by atoms with Gasteiger partial charge in [0.1, 0.15) is 23.8 Å². The molecule has 0 bridgehead atoms. The maximum Gasteiger partial charge on any atom is 0.274 e. The number of aliphatic hydroxyl groups excluding tert-OH is 1. The van der Waals surface area contributed by atoms with Gasteiger partial charge in [0.25, 0.3) is 11.8 Å². The Morgan fingerprint density at radius 3 is 2.59 bits per heavy atom. The van der Waals surface area contributed by atoms with Crippen molar-refractivity contribution in [2.24, 2.45) is 7.05 Å². The molecule has 1 aliphatic rings. The Kier molecular flexibility index (Phi) is 7.02. The van der Waals surface area contributed by atoms with Crippen LogP contribution >= 0.6 is 0 Å². The molecule has 2 N–H and O–H groups in total. The fourth-order valence-electron chi connectivity index (χ4n) is 3.11. The predicted octanol–water partition coefficient (Wildman–Crippen LogP) is 2.25. The summed E-state index contributed by atoms with van der Waals surface area (Å²) in [5.41, 5.74) is 0.509. The van der Waals surface area contributed by atoms with Crippen LogP contribution in [0.1, 0.15) is 40.6 Å². The Bertz CT molecular complexity index is 1160. The van der Waals surface area contributed by atoms with Gasteiger partial charge in [0, 0.05) is 44.0 Å². The van der Waals surface area contributed by atoms with Crippen LogP contribution in [-0.2, 0) is 7.05 Å². The molecule has 3 heterocycles. The molecule has 1 aromatic carbocycles. The van der Waals surface area contributed by atoms with E-state index in [9.17, 15) is 14.7 Å². The molecule has 11 nitrogen and oxygen atoms in total. The standard InChI is InChI=1S/C23H26N6O5/c1-3-16(30)14-33-17-9-15(22(31)26-20-5-8-28(2)27-20)10-18(11-17)34-21-13-24-19(12-25-21)23(32)29-6-4-7-29/h5,8-13,16,30H,3-4,6-7,14H2,1-2H3,(H,26,27,31)/t16-/m1/s1. The first-order valence-corrected chi connectivity index (χ1v) is 11.0. The summed E-state index contributed by atoms with van der Waals surface area (Å²) < 4.78 is 13.0. The molecule has 0 saturated carbocycles. The highest BCUT2D eigenvalue weighted by Crippen LogP contribution is 2.27. The summed E-state index contributed by atoms with van der Waals surface area (Å²) in [7, 11) is 1.75. The van der Waals surface area contributed by atoms with E-state index < -0.39 is 12.0 Å². The number of likely N-dealkylation sites (tertiary alicyclic amines) is 1. The monoisotopic (exact) mass is 466 g/mol. The summed E-state index contributed by atoms with van der Waals surface area (Å²) in [6.07, 6.45) is 5.31. The summed E-state index contributed by atoms with van der Waals surface area (Å²) in [4.78, 5) is 35.1. The van der Waals surface area contributed by atoms with Crippen LogP contribution in [0.15, 0.2) is 42.9 Å².